The molecule has 0 aliphatic carbocycles. The van der Waals surface area contributed by atoms with Gasteiger partial charge in [-0.25, -0.2) is 4.39 Å². The number of halogens is 2. The van der Waals surface area contributed by atoms with E-state index in [9.17, 15) is 14.0 Å². The smallest absolute Gasteiger partial charge is 0.307 e. The van der Waals surface area contributed by atoms with Crippen molar-refractivity contribution in [3.05, 3.63) is 30.1 Å². The molecule has 3 rings (SSSR count). The maximum absolute atomic E-state index is 13.4. The number of carbonyl (C=O) groups excluding carboxylic acids is 1. The molecule has 7 heteroatoms. The Hall–Kier alpha value is -1.66. The number of hydrogen-bond donors (Lipinski definition) is 1. The molecule has 126 valence electrons. The van der Waals surface area contributed by atoms with Crippen molar-refractivity contribution in [1.29, 1.82) is 0 Å². The molecule has 0 radical (unpaired) electrons. The first-order valence-corrected chi connectivity index (χ1v) is 7.60. The average Bonchev–Trinajstić information content (AvgIpc) is 2.97. The Morgan fingerprint density at radius 3 is 2.70 bits per heavy atom. The summed E-state index contributed by atoms with van der Waals surface area (Å²) in [6.07, 6.45) is 2.15. The van der Waals surface area contributed by atoms with Crippen LogP contribution in [0.3, 0.4) is 0 Å². The molecular weight excluding hydrogens is 323 g/mol. The van der Waals surface area contributed by atoms with Gasteiger partial charge in [-0.15, -0.1) is 12.4 Å². The van der Waals surface area contributed by atoms with Crippen LogP contribution in [0.5, 0.6) is 0 Å². The lowest BCUT2D eigenvalue weighted by Crippen LogP contribution is -2.52. The molecule has 23 heavy (non-hydrogen) atoms. The van der Waals surface area contributed by atoms with Gasteiger partial charge < -0.3 is 10.0 Å². The van der Waals surface area contributed by atoms with Gasteiger partial charge in [0, 0.05) is 18.8 Å². The zero-order valence-corrected chi connectivity index (χ0v) is 13.5. The van der Waals surface area contributed by atoms with E-state index in [1.165, 1.54) is 12.1 Å². The third-order valence-corrected chi connectivity index (χ3v) is 4.54. The molecule has 1 amide bonds. The summed E-state index contributed by atoms with van der Waals surface area (Å²) in [4.78, 5) is 27.4. The molecule has 2 aliphatic rings. The number of anilines is 1. The summed E-state index contributed by atoms with van der Waals surface area (Å²) in [5, 5.41) is 9.09. The molecule has 0 bridgehead atoms. The molecule has 1 aromatic carbocycles. The van der Waals surface area contributed by atoms with Crippen LogP contribution in [0.15, 0.2) is 24.3 Å². The fraction of sp³-hybridized carbons (Fsp3) is 0.500. The van der Waals surface area contributed by atoms with Crippen molar-refractivity contribution in [3.63, 3.8) is 0 Å². The minimum Gasteiger partial charge on any atom is -0.481 e. The number of carbonyl (C=O) groups is 2. The monoisotopic (exact) mass is 342 g/mol. The molecule has 2 atom stereocenters. The molecule has 5 nitrogen and oxygen atoms in total. The number of rotatable bonds is 3. The molecule has 0 saturated carbocycles. The van der Waals surface area contributed by atoms with Crippen molar-refractivity contribution < 1.29 is 19.1 Å². The van der Waals surface area contributed by atoms with Crippen LogP contribution in [0.4, 0.5) is 10.1 Å². The summed E-state index contributed by atoms with van der Waals surface area (Å²) >= 11 is 0. The van der Waals surface area contributed by atoms with E-state index in [4.69, 9.17) is 5.11 Å². The van der Waals surface area contributed by atoms with Gasteiger partial charge >= 0.3 is 5.97 Å². The predicted octanol–water partition coefficient (Wildman–Crippen LogP) is 2.15. The number of benzene rings is 1. The lowest BCUT2D eigenvalue weighted by atomic mass is 10.0. The zero-order valence-electron chi connectivity index (χ0n) is 12.7. The van der Waals surface area contributed by atoms with Gasteiger partial charge in [0.25, 0.3) is 0 Å². The Labute approximate surface area is 140 Å². The molecule has 2 aliphatic heterocycles. The fourth-order valence-corrected chi connectivity index (χ4v) is 3.37. The lowest BCUT2D eigenvalue weighted by molar-refractivity contribution is -0.141. The Morgan fingerprint density at radius 2 is 2.04 bits per heavy atom. The van der Waals surface area contributed by atoms with Crippen molar-refractivity contribution in [2.45, 2.75) is 25.3 Å². The molecule has 2 unspecified atom stereocenters. The van der Waals surface area contributed by atoms with Crippen LogP contribution >= 0.6 is 12.4 Å². The van der Waals surface area contributed by atoms with Crippen molar-refractivity contribution >= 4 is 30.0 Å². The van der Waals surface area contributed by atoms with E-state index >= 15 is 0 Å². The van der Waals surface area contributed by atoms with E-state index in [0.717, 1.165) is 12.8 Å². The number of likely N-dealkylation sites (tertiary alicyclic amines) is 1. The van der Waals surface area contributed by atoms with Crippen LogP contribution in [0.1, 0.15) is 19.3 Å². The molecule has 1 N–H and O–H groups in total. The molecular formula is C16H20ClFN2O3. The van der Waals surface area contributed by atoms with Gasteiger partial charge in [-0.3, -0.25) is 14.5 Å². The van der Waals surface area contributed by atoms with E-state index < -0.39 is 11.9 Å². The highest BCUT2D eigenvalue weighted by Crippen LogP contribution is 2.28. The van der Waals surface area contributed by atoms with E-state index in [1.807, 2.05) is 4.90 Å². The van der Waals surface area contributed by atoms with Gasteiger partial charge in [-0.2, -0.15) is 0 Å². The fourth-order valence-electron chi connectivity index (χ4n) is 3.37. The van der Waals surface area contributed by atoms with Crippen LogP contribution in [-0.2, 0) is 9.59 Å². The number of nitrogens with zero attached hydrogens (tertiary/aromatic N) is 2. The van der Waals surface area contributed by atoms with Gasteiger partial charge in [-0.05, 0) is 44.0 Å². The quantitative estimate of drug-likeness (QED) is 0.914. The first kappa shape index (κ1) is 17.7. The highest BCUT2D eigenvalue weighted by Gasteiger charge is 2.39. The lowest BCUT2D eigenvalue weighted by Gasteiger charge is -2.36. The Balaban J connectivity index is 0.00000192. The molecule has 0 aromatic heterocycles. The van der Waals surface area contributed by atoms with Gasteiger partial charge in [-0.1, -0.05) is 6.07 Å². The van der Waals surface area contributed by atoms with Gasteiger partial charge in [0.2, 0.25) is 5.91 Å². The summed E-state index contributed by atoms with van der Waals surface area (Å²) in [6.45, 7) is 1.63. The van der Waals surface area contributed by atoms with Crippen LogP contribution in [0, 0.1) is 11.7 Å². The van der Waals surface area contributed by atoms with Crippen LogP contribution in [0.25, 0.3) is 0 Å². The highest BCUT2D eigenvalue weighted by atomic mass is 35.5. The number of amides is 1. The van der Waals surface area contributed by atoms with Crippen molar-refractivity contribution in [1.82, 2.24) is 4.90 Å². The van der Waals surface area contributed by atoms with Crippen molar-refractivity contribution in [2.75, 3.05) is 24.5 Å². The first-order chi connectivity index (χ1) is 10.6. The Bertz CT molecular complexity index is 598. The van der Waals surface area contributed by atoms with E-state index in [-0.39, 0.29) is 30.2 Å². The Kier molecular flexibility index (Phi) is 5.59. The number of piperidine rings is 1. The molecule has 0 spiro atoms. The molecule has 2 heterocycles. The van der Waals surface area contributed by atoms with Crippen molar-refractivity contribution in [3.8, 4) is 0 Å². The standard InChI is InChI=1S/C16H19FN2O3.ClH/c17-12-3-1-4-13(9-12)19-7-2-5-14(15(19)20)18-8-6-11(10-18)16(21)22;/h1,3-4,9,11,14H,2,5-8,10H2,(H,21,22);1H. The number of aliphatic carboxylic acids is 1. The summed E-state index contributed by atoms with van der Waals surface area (Å²) in [7, 11) is 0. The van der Waals surface area contributed by atoms with E-state index in [1.54, 1.807) is 17.0 Å². The zero-order chi connectivity index (χ0) is 15.7. The largest absolute Gasteiger partial charge is 0.481 e. The normalized spacial score (nSPS) is 25.3. The van der Waals surface area contributed by atoms with Crippen LogP contribution in [0.2, 0.25) is 0 Å². The number of carboxylic acids is 1. The highest BCUT2D eigenvalue weighted by molar-refractivity contribution is 5.98. The van der Waals surface area contributed by atoms with Gasteiger partial charge in [0.15, 0.2) is 0 Å². The maximum Gasteiger partial charge on any atom is 0.307 e. The topological polar surface area (TPSA) is 60.9 Å². The van der Waals surface area contributed by atoms with Crippen LogP contribution < -0.4 is 4.90 Å². The predicted molar refractivity (Wildman–Crippen MR) is 86.3 cm³/mol. The second-order valence-electron chi connectivity index (χ2n) is 5.95. The van der Waals surface area contributed by atoms with Gasteiger partial charge in [0.1, 0.15) is 5.82 Å². The Morgan fingerprint density at radius 1 is 1.26 bits per heavy atom. The summed E-state index contributed by atoms with van der Waals surface area (Å²) in [5.74, 6) is -1.60. The summed E-state index contributed by atoms with van der Waals surface area (Å²) < 4.78 is 13.4. The van der Waals surface area contributed by atoms with E-state index in [2.05, 4.69) is 0 Å². The van der Waals surface area contributed by atoms with E-state index in [0.29, 0.717) is 31.7 Å². The second kappa shape index (κ2) is 7.27. The van der Waals surface area contributed by atoms with Gasteiger partial charge in [0.05, 0.1) is 12.0 Å². The molecule has 2 fully saturated rings. The molecule has 1 aromatic rings. The van der Waals surface area contributed by atoms with Crippen molar-refractivity contribution in [2.24, 2.45) is 5.92 Å². The van der Waals surface area contributed by atoms with Crippen LogP contribution in [-0.4, -0.2) is 47.6 Å². The molecule has 2 saturated heterocycles. The SMILES string of the molecule is Cl.O=C(O)C1CCN(C2CCCN(c3cccc(F)c3)C2=O)C1. The average molecular weight is 343 g/mol. The summed E-state index contributed by atoms with van der Waals surface area (Å²) in [5.41, 5.74) is 0.573. The number of carboxylic acid groups (broad SMARTS) is 1. The summed E-state index contributed by atoms with van der Waals surface area (Å²) in [6, 6.07) is 5.75. The first-order valence-electron chi connectivity index (χ1n) is 7.60. The number of hydrogen-bond acceptors (Lipinski definition) is 3. The minimum absolute atomic E-state index is 0. The maximum atomic E-state index is 13.4. The second-order valence-corrected chi connectivity index (χ2v) is 5.95. The third kappa shape index (κ3) is 3.64. The third-order valence-electron chi connectivity index (χ3n) is 4.54. The minimum atomic E-state index is -0.798.